The molecule has 1 rings (SSSR count). The molecular weight excluding hydrogens is 292 g/mol. The zero-order chi connectivity index (χ0) is 16.0. The van der Waals surface area contributed by atoms with Crippen molar-refractivity contribution in [2.24, 2.45) is 0 Å². The molecule has 2 atom stereocenters. The highest BCUT2D eigenvalue weighted by Crippen LogP contribution is 2.22. The van der Waals surface area contributed by atoms with Gasteiger partial charge in [0.15, 0.2) is 9.84 Å². The van der Waals surface area contributed by atoms with E-state index in [1.54, 1.807) is 6.92 Å². The van der Waals surface area contributed by atoms with Gasteiger partial charge in [0, 0.05) is 18.2 Å². The van der Waals surface area contributed by atoms with Crippen LogP contribution in [0, 0.1) is 10.1 Å². The van der Waals surface area contributed by atoms with Gasteiger partial charge in [-0.25, -0.2) is 8.42 Å². The van der Waals surface area contributed by atoms with Crippen LogP contribution in [0.2, 0.25) is 0 Å². The Bertz CT molecular complexity index is 569. The van der Waals surface area contributed by atoms with Crippen LogP contribution in [0.1, 0.15) is 33.6 Å². The molecule has 6 nitrogen and oxygen atoms in total. The molecule has 0 saturated heterocycles. The summed E-state index contributed by atoms with van der Waals surface area (Å²) in [7, 11) is -3.46. The van der Waals surface area contributed by atoms with E-state index in [9.17, 15) is 18.5 Å². The SMILES string of the molecule is CCCNC(C)CC(C)S(=O)(=O)c1ccc([N+](=O)[O-])cc1. The lowest BCUT2D eigenvalue weighted by Crippen LogP contribution is -2.32. The monoisotopic (exact) mass is 314 g/mol. The average molecular weight is 314 g/mol. The van der Waals surface area contributed by atoms with E-state index in [0.717, 1.165) is 13.0 Å². The first-order chi connectivity index (χ1) is 9.78. The third-order valence-electron chi connectivity index (χ3n) is 3.33. The maximum atomic E-state index is 12.4. The second-order valence-corrected chi connectivity index (χ2v) is 7.56. The molecule has 118 valence electrons. The molecule has 0 aliphatic rings. The van der Waals surface area contributed by atoms with Crippen LogP contribution >= 0.6 is 0 Å². The molecule has 1 aromatic carbocycles. The molecule has 0 radical (unpaired) electrons. The summed E-state index contributed by atoms with van der Waals surface area (Å²) in [4.78, 5) is 10.2. The van der Waals surface area contributed by atoms with Crippen molar-refractivity contribution in [3.63, 3.8) is 0 Å². The number of nitro benzene ring substituents is 1. The second-order valence-electron chi connectivity index (χ2n) is 5.20. The van der Waals surface area contributed by atoms with Crippen LogP contribution in [0.4, 0.5) is 5.69 Å². The predicted molar refractivity (Wildman–Crippen MR) is 82.1 cm³/mol. The van der Waals surface area contributed by atoms with Crippen molar-refractivity contribution in [3.05, 3.63) is 34.4 Å². The minimum Gasteiger partial charge on any atom is -0.314 e. The average Bonchev–Trinajstić information content (AvgIpc) is 2.45. The molecule has 0 saturated carbocycles. The summed E-state index contributed by atoms with van der Waals surface area (Å²) in [6.45, 7) is 6.53. The van der Waals surface area contributed by atoms with Gasteiger partial charge in [0.25, 0.3) is 5.69 Å². The lowest BCUT2D eigenvalue weighted by molar-refractivity contribution is -0.384. The smallest absolute Gasteiger partial charge is 0.269 e. The maximum absolute atomic E-state index is 12.4. The van der Waals surface area contributed by atoms with Gasteiger partial charge in [-0.1, -0.05) is 6.92 Å². The van der Waals surface area contributed by atoms with Gasteiger partial charge in [0.2, 0.25) is 0 Å². The quantitative estimate of drug-likeness (QED) is 0.588. The maximum Gasteiger partial charge on any atom is 0.269 e. The molecule has 0 bridgehead atoms. The van der Waals surface area contributed by atoms with Crippen LogP contribution in [0.5, 0.6) is 0 Å². The van der Waals surface area contributed by atoms with Crippen molar-refractivity contribution in [2.45, 2.75) is 49.8 Å². The summed E-state index contributed by atoms with van der Waals surface area (Å²) < 4.78 is 24.8. The Morgan fingerprint density at radius 1 is 1.24 bits per heavy atom. The molecular formula is C14H22N2O4S. The Morgan fingerprint density at radius 3 is 2.29 bits per heavy atom. The number of nitro groups is 1. The summed E-state index contributed by atoms with van der Waals surface area (Å²) in [6.07, 6.45) is 1.49. The van der Waals surface area contributed by atoms with Crippen LogP contribution in [0.25, 0.3) is 0 Å². The summed E-state index contributed by atoms with van der Waals surface area (Å²) in [5.41, 5.74) is -0.111. The number of sulfone groups is 1. The van der Waals surface area contributed by atoms with Crippen molar-refractivity contribution in [2.75, 3.05) is 6.54 Å². The molecule has 0 aromatic heterocycles. The topological polar surface area (TPSA) is 89.3 Å². The number of nitrogens with one attached hydrogen (secondary N) is 1. The minimum absolute atomic E-state index is 0.104. The Hall–Kier alpha value is -1.47. The molecule has 0 aliphatic heterocycles. The van der Waals surface area contributed by atoms with E-state index in [-0.39, 0.29) is 16.6 Å². The van der Waals surface area contributed by atoms with E-state index >= 15 is 0 Å². The van der Waals surface area contributed by atoms with Crippen molar-refractivity contribution < 1.29 is 13.3 Å². The molecule has 7 heteroatoms. The first-order valence-electron chi connectivity index (χ1n) is 7.00. The minimum atomic E-state index is -3.46. The predicted octanol–water partition coefficient (Wildman–Crippen LogP) is 2.54. The third-order valence-corrected chi connectivity index (χ3v) is 5.52. The van der Waals surface area contributed by atoms with Crippen LogP contribution in [-0.4, -0.2) is 31.2 Å². The third kappa shape index (κ3) is 4.78. The summed E-state index contributed by atoms with van der Waals surface area (Å²) >= 11 is 0. The fourth-order valence-electron chi connectivity index (χ4n) is 2.09. The molecule has 21 heavy (non-hydrogen) atoms. The summed E-state index contributed by atoms with van der Waals surface area (Å²) in [6, 6.07) is 5.15. The van der Waals surface area contributed by atoms with E-state index in [4.69, 9.17) is 0 Å². The number of hydrogen-bond acceptors (Lipinski definition) is 5. The van der Waals surface area contributed by atoms with Gasteiger partial charge in [-0.05, 0) is 45.4 Å². The van der Waals surface area contributed by atoms with Crippen molar-refractivity contribution in [1.82, 2.24) is 5.32 Å². The molecule has 1 aromatic rings. The number of benzene rings is 1. The number of nitrogens with zero attached hydrogens (tertiary/aromatic N) is 1. The van der Waals surface area contributed by atoms with Gasteiger partial charge in [-0.3, -0.25) is 10.1 Å². The molecule has 0 fully saturated rings. The van der Waals surface area contributed by atoms with Crippen LogP contribution in [0.15, 0.2) is 29.2 Å². The van der Waals surface area contributed by atoms with Gasteiger partial charge in [-0.15, -0.1) is 0 Å². The number of rotatable bonds is 8. The molecule has 0 amide bonds. The normalized spacial score (nSPS) is 14.6. The van der Waals surface area contributed by atoms with E-state index in [2.05, 4.69) is 12.2 Å². The molecule has 0 heterocycles. The van der Waals surface area contributed by atoms with Gasteiger partial charge >= 0.3 is 0 Å². The second kappa shape index (κ2) is 7.51. The first kappa shape index (κ1) is 17.6. The van der Waals surface area contributed by atoms with E-state index < -0.39 is 20.0 Å². The largest absolute Gasteiger partial charge is 0.314 e. The highest BCUT2D eigenvalue weighted by molar-refractivity contribution is 7.92. The van der Waals surface area contributed by atoms with E-state index in [1.165, 1.54) is 24.3 Å². The Labute approximate surface area is 125 Å². The fourth-order valence-corrected chi connectivity index (χ4v) is 3.61. The van der Waals surface area contributed by atoms with Gasteiger partial charge < -0.3 is 5.32 Å². The van der Waals surface area contributed by atoms with Gasteiger partial charge in [0.05, 0.1) is 15.1 Å². The Balaban J connectivity index is 2.81. The molecule has 1 N–H and O–H groups in total. The molecule has 2 unspecified atom stereocenters. The summed E-state index contributed by atoms with van der Waals surface area (Å²) in [5.74, 6) is 0. The van der Waals surface area contributed by atoms with Gasteiger partial charge in [-0.2, -0.15) is 0 Å². The Kier molecular flexibility index (Phi) is 6.29. The number of non-ortho nitro benzene ring substituents is 1. The van der Waals surface area contributed by atoms with Crippen LogP contribution in [-0.2, 0) is 9.84 Å². The van der Waals surface area contributed by atoms with Crippen LogP contribution in [0.3, 0.4) is 0 Å². The lowest BCUT2D eigenvalue weighted by Gasteiger charge is -2.18. The molecule has 0 aliphatic carbocycles. The highest BCUT2D eigenvalue weighted by Gasteiger charge is 2.25. The van der Waals surface area contributed by atoms with E-state index in [1.807, 2.05) is 6.92 Å². The van der Waals surface area contributed by atoms with Crippen molar-refractivity contribution in [1.29, 1.82) is 0 Å². The molecule has 0 spiro atoms. The fraction of sp³-hybridized carbons (Fsp3) is 0.571. The lowest BCUT2D eigenvalue weighted by atomic mass is 10.2. The van der Waals surface area contributed by atoms with Crippen LogP contribution < -0.4 is 5.32 Å². The van der Waals surface area contributed by atoms with E-state index in [0.29, 0.717) is 6.42 Å². The Morgan fingerprint density at radius 2 is 1.81 bits per heavy atom. The highest BCUT2D eigenvalue weighted by atomic mass is 32.2. The zero-order valence-electron chi connectivity index (χ0n) is 12.6. The van der Waals surface area contributed by atoms with Crippen molar-refractivity contribution >= 4 is 15.5 Å². The first-order valence-corrected chi connectivity index (χ1v) is 8.55. The summed E-state index contributed by atoms with van der Waals surface area (Å²) in [5, 5.41) is 13.3. The number of hydrogen-bond donors (Lipinski definition) is 1. The van der Waals surface area contributed by atoms with Gasteiger partial charge in [0.1, 0.15) is 0 Å². The zero-order valence-corrected chi connectivity index (χ0v) is 13.4. The standard InChI is InChI=1S/C14H22N2O4S/c1-4-9-15-11(2)10-12(3)21(19,20)14-7-5-13(6-8-14)16(17)18/h5-8,11-12,15H,4,9-10H2,1-3H3. The van der Waals surface area contributed by atoms with Crippen molar-refractivity contribution in [3.8, 4) is 0 Å².